The predicted molar refractivity (Wildman–Crippen MR) is 115 cm³/mol. The zero-order valence-corrected chi connectivity index (χ0v) is 18.4. The summed E-state index contributed by atoms with van der Waals surface area (Å²) in [7, 11) is 3.48. The van der Waals surface area contributed by atoms with Crippen molar-refractivity contribution in [2.24, 2.45) is 7.05 Å². The molecule has 2 amide bonds. The van der Waals surface area contributed by atoms with Crippen molar-refractivity contribution in [2.45, 2.75) is 37.5 Å². The van der Waals surface area contributed by atoms with E-state index in [0.29, 0.717) is 24.1 Å². The first kappa shape index (κ1) is 21.5. The number of hydrogen-bond acceptors (Lipinski definition) is 4. The van der Waals surface area contributed by atoms with E-state index >= 15 is 0 Å². The van der Waals surface area contributed by atoms with Crippen LogP contribution in [0.2, 0.25) is 0 Å². The molecular weight excluding hydrogens is 436 g/mol. The lowest BCUT2D eigenvalue weighted by Crippen LogP contribution is -2.38. The molecule has 1 N–H and O–H groups in total. The number of rotatable bonds is 7. The van der Waals surface area contributed by atoms with E-state index in [1.54, 1.807) is 7.05 Å². The number of carbonyl (C=O) groups excluding carboxylic acids is 3. The van der Waals surface area contributed by atoms with E-state index < -0.39 is 5.92 Å². The van der Waals surface area contributed by atoms with Gasteiger partial charge in [-0.3, -0.25) is 14.3 Å². The molecule has 1 atom stereocenters. The average molecular weight is 463 g/mol. The molecule has 7 nitrogen and oxygen atoms in total. The minimum absolute atomic E-state index is 0.0795. The Morgan fingerprint density at radius 3 is 2.69 bits per heavy atom. The molecule has 156 valence electrons. The van der Waals surface area contributed by atoms with E-state index in [1.165, 1.54) is 5.56 Å². The monoisotopic (exact) mass is 462 g/mol. The summed E-state index contributed by atoms with van der Waals surface area (Å²) < 4.78 is 1.81. The summed E-state index contributed by atoms with van der Waals surface area (Å²) in [5.74, 6) is 0.0727. The first-order chi connectivity index (χ1) is 14.0. The summed E-state index contributed by atoms with van der Waals surface area (Å²) in [5, 5.41) is 8.51. The van der Waals surface area contributed by atoms with Gasteiger partial charge in [-0.15, -0.1) is 0 Å². The van der Waals surface area contributed by atoms with Crippen LogP contribution in [0.3, 0.4) is 0 Å². The van der Waals surface area contributed by atoms with Gasteiger partial charge in [0, 0.05) is 39.0 Å². The zero-order chi connectivity index (χ0) is 21.0. The van der Waals surface area contributed by atoms with Crippen LogP contribution in [0.4, 0.5) is 0 Å². The Kier molecular flexibility index (Phi) is 7.05. The highest BCUT2D eigenvalue weighted by Gasteiger charge is 2.25. The molecule has 2 heterocycles. The molecule has 0 saturated carbocycles. The van der Waals surface area contributed by atoms with Gasteiger partial charge in [-0.2, -0.15) is 5.10 Å². The topological polar surface area (TPSA) is 84.3 Å². The number of likely N-dealkylation sites (tertiary alicyclic amines) is 1. The number of aldehydes is 1. The fourth-order valence-electron chi connectivity index (χ4n) is 4.06. The minimum atomic E-state index is -0.402. The van der Waals surface area contributed by atoms with Gasteiger partial charge in [0.05, 0.1) is 22.5 Å². The number of benzene rings is 1. The first-order valence-electron chi connectivity index (χ1n) is 9.94. The molecule has 3 rings (SSSR count). The van der Waals surface area contributed by atoms with Crippen molar-refractivity contribution >= 4 is 44.9 Å². The van der Waals surface area contributed by atoms with Crippen molar-refractivity contribution in [3.8, 4) is 0 Å². The van der Waals surface area contributed by atoms with Gasteiger partial charge >= 0.3 is 0 Å². The fourth-order valence-corrected chi connectivity index (χ4v) is 4.41. The number of nitrogens with one attached hydrogen (secondary N) is 1. The van der Waals surface area contributed by atoms with Crippen LogP contribution >= 0.6 is 15.9 Å². The number of fused-ring (bicyclic) bond motifs is 1. The predicted octanol–water partition coefficient (Wildman–Crippen LogP) is 2.48. The Morgan fingerprint density at radius 2 is 2.07 bits per heavy atom. The van der Waals surface area contributed by atoms with Gasteiger partial charge < -0.3 is 15.0 Å². The summed E-state index contributed by atoms with van der Waals surface area (Å²) in [6.07, 6.45) is 3.50. The summed E-state index contributed by atoms with van der Waals surface area (Å²) in [6.45, 7) is 1.55. The van der Waals surface area contributed by atoms with Crippen LogP contribution in [0, 0.1) is 0 Å². The Morgan fingerprint density at radius 1 is 1.34 bits per heavy atom. The average Bonchev–Trinajstić information content (AvgIpc) is 3.09. The molecule has 29 heavy (non-hydrogen) atoms. The second kappa shape index (κ2) is 9.52. The molecular formula is C21H27BrN4O3. The molecule has 0 spiro atoms. The third kappa shape index (κ3) is 4.69. The quantitative estimate of drug-likeness (QED) is 0.505. The molecule has 0 radical (unpaired) electrons. The molecule has 2 aromatic rings. The maximum absolute atomic E-state index is 11.9. The number of alkyl halides is 1. The first-order valence-corrected chi connectivity index (χ1v) is 11.1. The van der Waals surface area contributed by atoms with Crippen molar-refractivity contribution in [2.75, 3.05) is 25.5 Å². The highest BCUT2D eigenvalue weighted by atomic mass is 79.9. The van der Waals surface area contributed by atoms with E-state index in [1.807, 2.05) is 22.7 Å². The molecule has 0 aliphatic carbocycles. The van der Waals surface area contributed by atoms with Gasteiger partial charge in [0.1, 0.15) is 6.29 Å². The van der Waals surface area contributed by atoms with Gasteiger partial charge in [0.2, 0.25) is 11.8 Å². The van der Waals surface area contributed by atoms with Crippen LogP contribution in [0.1, 0.15) is 48.8 Å². The molecule has 1 aliphatic rings. The Hall–Kier alpha value is -2.22. The number of piperidine rings is 1. The number of aromatic nitrogens is 2. The van der Waals surface area contributed by atoms with Crippen LogP contribution in [0.15, 0.2) is 18.2 Å². The van der Waals surface area contributed by atoms with Crippen LogP contribution < -0.4 is 5.32 Å². The normalized spacial score (nSPS) is 16.0. The molecule has 1 unspecified atom stereocenters. The Bertz CT molecular complexity index is 903. The molecule has 1 aromatic heterocycles. The SMILES string of the molecule is CNC(=O)CCC(C=O)c1nn(C)c2cc(C3CCN(C(=O)CBr)CC3)ccc12. The zero-order valence-electron chi connectivity index (χ0n) is 16.9. The van der Waals surface area contributed by atoms with Crippen molar-refractivity contribution in [1.29, 1.82) is 0 Å². The lowest BCUT2D eigenvalue weighted by molar-refractivity contribution is -0.129. The summed E-state index contributed by atoms with van der Waals surface area (Å²) in [4.78, 5) is 37.0. The minimum Gasteiger partial charge on any atom is -0.359 e. The molecule has 8 heteroatoms. The molecule has 1 aromatic carbocycles. The van der Waals surface area contributed by atoms with Gasteiger partial charge in [-0.25, -0.2) is 0 Å². The fraction of sp³-hybridized carbons (Fsp3) is 0.524. The number of halogens is 1. The van der Waals surface area contributed by atoms with E-state index in [-0.39, 0.29) is 11.8 Å². The van der Waals surface area contributed by atoms with E-state index in [9.17, 15) is 14.4 Å². The van der Waals surface area contributed by atoms with Crippen LogP contribution in [-0.2, 0) is 21.4 Å². The van der Waals surface area contributed by atoms with E-state index in [2.05, 4.69) is 38.5 Å². The Balaban J connectivity index is 1.79. The Labute approximate surface area is 178 Å². The highest BCUT2D eigenvalue weighted by Crippen LogP contribution is 2.33. The number of nitrogens with zero attached hydrogens (tertiary/aromatic N) is 3. The molecule has 1 saturated heterocycles. The standard InChI is InChI=1S/C21H27BrN4O3/c1-23-19(28)6-4-16(13-27)21-17-5-3-15(11-18(17)25(2)24-21)14-7-9-26(10-8-14)20(29)12-22/h3,5,11,13-14,16H,4,6-10,12H2,1-2H3,(H,23,28). The van der Waals surface area contributed by atoms with Crippen LogP contribution in [0.25, 0.3) is 10.9 Å². The van der Waals surface area contributed by atoms with Crippen molar-refractivity contribution in [1.82, 2.24) is 20.0 Å². The van der Waals surface area contributed by atoms with Crippen molar-refractivity contribution < 1.29 is 14.4 Å². The maximum atomic E-state index is 11.9. The molecule has 1 aliphatic heterocycles. The third-order valence-electron chi connectivity index (χ3n) is 5.81. The number of amides is 2. The highest BCUT2D eigenvalue weighted by molar-refractivity contribution is 9.09. The van der Waals surface area contributed by atoms with Gasteiger partial charge in [0.25, 0.3) is 0 Å². The smallest absolute Gasteiger partial charge is 0.233 e. The number of carbonyl (C=O) groups is 3. The summed E-state index contributed by atoms with van der Waals surface area (Å²) >= 11 is 3.24. The van der Waals surface area contributed by atoms with Gasteiger partial charge in [-0.05, 0) is 36.8 Å². The molecule has 0 bridgehead atoms. The van der Waals surface area contributed by atoms with Gasteiger partial charge in [0.15, 0.2) is 0 Å². The third-order valence-corrected chi connectivity index (χ3v) is 6.29. The molecule has 1 fully saturated rings. The number of aryl methyl sites for hydroxylation is 1. The van der Waals surface area contributed by atoms with Crippen LogP contribution in [0.5, 0.6) is 0 Å². The second-order valence-electron chi connectivity index (χ2n) is 7.53. The lowest BCUT2D eigenvalue weighted by Gasteiger charge is -2.32. The number of hydrogen-bond donors (Lipinski definition) is 1. The van der Waals surface area contributed by atoms with E-state index in [4.69, 9.17) is 0 Å². The second-order valence-corrected chi connectivity index (χ2v) is 8.09. The van der Waals surface area contributed by atoms with Crippen molar-refractivity contribution in [3.63, 3.8) is 0 Å². The van der Waals surface area contributed by atoms with E-state index in [0.717, 1.165) is 48.8 Å². The van der Waals surface area contributed by atoms with Gasteiger partial charge in [-0.1, -0.05) is 28.1 Å². The van der Waals surface area contributed by atoms with Crippen LogP contribution in [-0.4, -0.2) is 58.2 Å². The summed E-state index contributed by atoms with van der Waals surface area (Å²) in [6, 6.07) is 6.30. The van der Waals surface area contributed by atoms with Crippen molar-refractivity contribution in [3.05, 3.63) is 29.5 Å². The maximum Gasteiger partial charge on any atom is 0.233 e. The summed E-state index contributed by atoms with van der Waals surface area (Å²) in [5.41, 5.74) is 2.96. The lowest BCUT2D eigenvalue weighted by atomic mass is 9.88. The largest absolute Gasteiger partial charge is 0.359 e.